The maximum absolute atomic E-state index is 13.1. The molecule has 0 aliphatic heterocycles. The number of benzene rings is 2. The zero-order valence-electron chi connectivity index (χ0n) is 14.8. The summed E-state index contributed by atoms with van der Waals surface area (Å²) >= 11 is 0. The number of nitrogens with one attached hydrogen (secondary N) is 1. The molecular formula is C18H16N4O4S. The smallest absolute Gasteiger partial charge is 0.281 e. The van der Waals surface area contributed by atoms with Gasteiger partial charge in [0.15, 0.2) is 5.65 Å². The third-order valence-electron chi connectivity index (χ3n) is 4.41. The summed E-state index contributed by atoms with van der Waals surface area (Å²) in [6.45, 7) is 3.60. The van der Waals surface area contributed by atoms with Crippen molar-refractivity contribution in [3.63, 3.8) is 0 Å². The van der Waals surface area contributed by atoms with E-state index in [2.05, 4.69) is 15.3 Å². The number of hydrogen-bond donors (Lipinski definition) is 1. The third kappa shape index (κ3) is 2.58. The van der Waals surface area contributed by atoms with E-state index in [4.69, 9.17) is 4.74 Å². The first-order valence-electron chi connectivity index (χ1n) is 8.10. The second-order valence-electron chi connectivity index (χ2n) is 6.25. The zero-order chi connectivity index (χ0) is 19.3. The fourth-order valence-corrected chi connectivity index (χ4v) is 4.58. The van der Waals surface area contributed by atoms with Crippen molar-refractivity contribution < 1.29 is 13.2 Å². The van der Waals surface area contributed by atoms with Crippen LogP contribution in [0.5, 0.6) is 5.75 Å². The molecule has 0 aliphatic carbocycles. The normalized spacial score (nSPS) is 12.0. The lowest BCUT2D eigenvalue weighted by Crippen LogP contribution is -2.12. The van der Waals surface area contributed by atoms with E-state index < -0.39 is 15.4 Å². The van der Waals surface area contributed by atoms with E-state index in [0.717, 1.165) is 5.56 Å². The molecule has 0 bridgehead atoms. The molecule has 9 heteroatoms. The van der Waals surface area contributed by atoms with Crippen molar-refractivity contribution in [3.8, 4) is 5.75 Å². The van der Waals surface area contributed by atoms with E-state index in [9.17, 15) is 13.2 Å². The summed E-state index contributed by atoms with van der Waals surface area (Å²) in [5.74, 6) is 0.523. The first-order chi connectivity index (χ1) is 12.8. The van der Waals surface area contributed by atoms with E-state index in [0.29, 0.717) is 22.2 Å². The Hall–Kier alpha value is -3.20. The molecule has 2 aromatic heterocycles. The number of hydrogen-bond acceptors (Lipinski definition) is 6. The highest BCUT2D eigenvalue weighted by atomic mass is 32.2. The van der Waals surface area contributed by atoms with Crippen LogP contribution in [0.4, 0.5) is 0 Å². The molecule has 2 aromatic carbocycles. The number of H-pyrrole nitrogens is 1. The minimum absolute atomic E-state index is 0.0549. The molecule has 2 heterocycles. The summed E-state index contributed by atoms with van der Waals surface area (Å²) in [4.78, 5) is 16.5. The average molecular weight is 384 g/mol. The van der Waals surface area contributed by atoms with Gasteiger partial charge >= 0.3 is 0 Å². The summed E-state index contributed by atoms with van der Waals surface area (Å²) < 4.78 is 32.9. The highest BCUT2D eigenvalue weighted by Crippen LogP contribution is 2.27. The third-order valence-corrected chi connectivity index (χ3v) is 6.23. The number of sulfone groups is 1. The monoisotopic (exact) mass is 384 g/mol. The molecule has 0 saturated heterocycles. The maximum Gasteiger partial charge on any atom is 0.281 e. The molecule has 4 aromatic rings. The fraction of sp³-hybridized carbons (Fsp3) is 0.167. The Morgan fingerprint density at radius 2 is 1.89 bits per heavy atom. The standard InChI is InChI=1S/C18H16N4O4S/c1-10-4-7-15(11(2)8-10)27(24,25)18-16-19-17(23)13-6-5-12(26-3)9-14(13)22(16)21-20-18/h4-9,21H,1-3H3. The summed E-state index contributed by atoms with van der Waals surface area (Å²) in [7, 11) is -2.46. The van der Waals surface area contributed by atoms with Gasteiger partial charge in [-0.05, 0) is 37.6 Å². The number of aromatic nitrogens is 4. The Kier molecular flexibility index (Phi) is 3.77. The number of ether oxygens (including phenoxy) is 1. The van der Waals surface area contributed by atoms with Crippen LogP contribution in [0.2, 0.25) is 0 Å². The first kappa shape index (κ1) is 17.2. The Morgan fingerprint density at radius 1 is 1.11 bits per heavy atom. The van der Waals surface area contributed by atoms with Crippen molar-refractivity contribution in [1.29, 1.82) is 0 Å². The largest absolute Gasteiger partial charge is 0.497 e. The molecule has 138 valence electrons. The van der Waals surface area contributed by atoms with E-state index >= 15 is 0 Å². The molecule has 4 rings (SSSR count). The topological polar surface area (TPSA) is 106 Å². The predicted octanol–water partition coefficient (Wildman–Crippen LogP) is 2.03. The Morgan fingerprint density at radius 3 is 2.59 bits per heavy atom. The van der Waals surface area contributed by atoms with Crippen molar-refractivity contribution in [2.24, 2.45) is 0 Å². The van der Waals surface area contributed by atoms with Gasteiger partial charge in [-0.1, -0.05) is 17.7 Å². The SMILES string of the molecule is COc1ccc2c(=O)nc3c(S(=O)(=O)c4ccc(C)cc4C)n[nH]n3c2c1. The molecule has 0 unspecified atom stereocenters. The van der Waals surface area contributed by atoms with Crippen molar-refractivity contribution in [2.75, 3.05) is 7.11 Å². The number of aryl methyl sites for hydroxylation is 2. The molecule has 1 N–H and O–H groups in total. The lowest BCUT2D eigenvalue weighted by Gasteiger charge is -2.07. The Balaban J connectivity index is 2.05. The molecule has 0 radical (unpaired) electrons. The fourth-order valence-electron chi connectivity index (χ4n) is 3.10. The van der Waals surface area contributed by atoms with Gasteiger partial charge in [-0.2, -0.15) is 4.98 Å². The molecule has 0 fully saturated rings. The van der Waals surface area contributed by atoms with E-state index in [1.807, 2.05) is 6.92 Å². The van der Waals surface area contributed by atoms with Gasteiger partial charge in [0.25, 0.3) is 5.56 Å². The van der Waals surface area contributed by atoms with E-state index in [1.54, 1.807) is 37.3 Å². The van der Waals surface area contributed by atoms with Gasteiger partial charge in [0, 0.05) is 6.07 Å². The summed E-state index contributed by atoms with van der Waals surface area (Å²) in [5, 5.41) is 6.64. The number of aromatic amines is 1. The molecule has 0 spiro atoms. The molecule has 27 heavy (non-hydrogen) atoms. The van der Waals surface area contributed by atoms with Crippen LogP contribution >= 0.6 is 0 Å². The van der Waals surface area contributed by atoms with Crippen molar-refractivity contribution in [1.82, 2.24) is 19.8 Å². The highest BCUT2D eigenvalue weighted by molar-refractivity contribution is 7.91. The van der Waals surface area contributed by atoms with Gasteiger partial charge in [-0.25, -0.2) is 18.1 Å². The van der Waals surface area contributed by atoms with Crippen LogP contribution in [0, 0.1) is 13.8 Å². The predicted molar refractivity (Wildman–Crippen MR) is 99.0 cm³/mol. The van der Waals surface area contributed by atoms with Crippen LogP contribution < -0.4 is 10.3 Å². The van der Waals surface area contributed by atoms with Crippen LogP contribution in [0.25, 0.3) is 16.6 Å². The number of nitrogens with zero attached hydrogens (tertiary/aromatic N) is 3. The lowest BCUT2D eigenvalue weighted by molar-refractivity contribution is 0.415. The minimum atomic E-state index is -3.97. The van der Waals surface area contributed by atoms with Gasteiger partial charge in [-0.3, -0.25) is 4.79 Å². The number of fused-ring (bicyclic) bond motifs is 3. The van der Waals surface area contributed by atoms with Gasteiger partial charge in [0.1, 0.15) is 5.75 Å². The summed E-state index contributed by atoms with van der Waals surface area (Å²) in [5.41, 5.74) is 1.39. The Labute approximate surface area is 154 Å². The van der Waals surface area contributed by atoms with E-state index in [-0.39, 0.29) is 15.6 Å². The molecule has 0 saturated carbocycles. The molecule has 0 atom stereocenters. The van der Waals surface area contributed by atoms with Crippen LogP contribution in [0.15, 0.2) is 51.1 Å². The molecule has 0 amide bonds. The second-order valence-corrected chi connectivity index (χ2v) is 8.08. The maximum atomic E-state index is 13.1. The van der Waals surface area contributed by atoms with Gasteiger partial charge < -0.3 is 4.74 Å². The Bertz CT molecular complexity index is 1370. The van der Waals surface area contributed by atoms with Crippen LogP contribution in [-0.4, -0.2) is 35.3 Å². The van der Waals surface area contributed by atoms with Crippen molar-refractivity contribution in [3.05, 3.63) is 57.9 Å². The lowest BCUT2D eigenvalue weighted by atomic mass is 10.2. The number of methoxy groups -OCH3 is 1. The molecular weight excluding hydrogens is 368 g/mol. The van der Waals surface area contributed by atoms with E-state index in [1.165, 1.54) is 17.7 Å². The zero-order valence-corrected chi connectivity index (χ0v) is 15.7. The first-order valence-corrected chi connectivity index (χ1v) is 9.58. The summed E-state index contributed by atoms with van der Waals surface area (Å²) in [6, 6.07) is 9.87. The molecule has 8 nitrogen and oxygen atoms in total. The van der Waals surface area contributed by atoms with Crippen molar-refractivity contribution >= 4 is 26.4 Å². The van der Waals surface area contributed by atoms with Gasteiger partial charge in [0.2, 0.25) is 14.9 Å². The van der Waals surface area contributed by atoms with Crippen LogP contribution in [-0.2, 0) is 9.84 Å². The van der Waals surface area contributed by atoms with Crippen LogP contribution in [0.3, 0.4) is 0 Å². The highest BCUT2D eigenvalue weighted by Gasteiger charge is 2.27. The quantitative estimate of drug-likeness (QED) is 0.579. The van der Waals surface area contributed by atoms with Crippen LogP contribution in [0.1, 0.15) is 11.1 Å². The van der Waals surface area contributed by atoms with Gasteiger partial charge in [-0.15, -0.1) is 5.10 Å². The number of rotatable bonds is 3. The summed E-state index contributed by atoms with van der Waals surface area (Å²) in [6.07, 6.45) is 0. The second kappa shape index (κ2) is 5.92. The molecule has 0 aliphatic rings. The minimum Gasteiger partial charge on any atom is -0.497 e. The van der Waals surface area contributed by atoms with Crippen molar-refractivity contribution in [2.45, 2.75) is 23.8 Å². The average Bonchev–Trinajstić information content (AvgIpc) is 3.05. The van der Waals surface area contributed by atoms with Gasteiger partial charge in [0.05, 0.1) is 22.9 Å².